The number of nitrogens with one attached hydrogen (secondary N) is 1. The molecule has 96 valence electrons. The zero-order valence-electron chi connectivity index (χ0n) is 10.2. The van der Waals surface area contributed by atoms with Crippen LogP contribution < -0.4 is 5.32 Å². The number of aliphatic carboxylic acids is 1. The van der Waals surface area contributed by atoms with Crippen molar-refractivity contribution in [1.82, 2.24) is 9.78 Å². The van der Waals surface area contributed by atoms with Gasteiger partial charge in [-0.2, -0.15) is 5.10 Å². The fourth-order valence-electron chi connectivity index (χ4n) is 3.38. The molecule has 0 fully saturated rings. The molecule has 1 aromatic heterocycles. The van der Waals surface area contributed by atoms with Gasteiger partial charge in [0.15, 0.2) is 0 Å². The van der Waals surface area contributed by atoms with Crippen molar-refractivity contribution in [3.63, 3.8) is 0 Å². The van der Waals surface area contributed by atoms with Crippen LogP contribution in [0.4, 0.5) is 5.82 Å². The molecule has 0 spiro atoms. The van der Waals surface area contributed by atoms with Gasteiger partial charge in [0.05, 0.1) is 12.2 Å². The summed E-state index contributed by atoms with van der Waals surface area (Å²) in [7, 11) is 0. The molecule has 0 amide bonds. The Labute approximate surface area is 109 Å². The number of fused-ring (bicyclic) bond motifs is 5. The van der Waals surface area contributed by atoms with E-state index in [9.17, 15) is 9.90 Å². The van der Waals surface area contributed by atoms with Gasteiger partial charge in [0.2, 0.25) is 0 Å². The normalized spacial score (nSPS) is 27.1. The predicted octanol–water partition coefficient (Wildman–Crippen LogP) is 1.52. The molecular formula is C14H13N3O2. The molecule has 5 heteroatoms. The molecule has 0 saturated heterocycles. The quantitative estimate of drug-likeness (QED) is 0.810. The first-order valence-corrected chi connectivity index (χ1v) is 6.36. The Bertz CT molecular complexity index is 664. The predicted molar refractivity (Wildman–Crippen MR) is 69.0 cm³/mol. The van der Waals surface area contributed by atoms with Crippen molar-refractivity contribution in [2.24, 2.45) is 5.92 Å². The average molecular weight is 255 g/mol. The maximum atomic E-state index is 11.5. The number of carboxylic acid groups (broad SMARTS) is 1. The minimum absolute atomic E-state index is 0.0160. The fraction of sp³-hybridized carbons (Fsp3) is 0.286. The molecule has 1 aliphatic carbocycles. The topological polar surface area (TPSA) is 67.2 Å². The van der Waals surface area contributed by atoms with Crippen molar-refractivity contribution in [2.75, 3.05) is 5.32 Å². The van der Waals surface area contributed by atoms with E-state index in [-0.39, 0.29) is 12.0 Å². The van der Waals surface area contributed by atoms with Gasteiger partial charge in [0, 0.05) is 12.0 Å². The van der Waals surface area contributed by atoms with E-state index >= 15 is 0 Å². The summed E-state index contributed by atoms with van der Waals surface area (Å²) >= 11 is 0. The lowest BCUT2D eigenvalue weighted by Crippen LogP contribution is -2.45. The van der Waals surface area contributed by atoms with Crippen molar-refractivity contribution in [3.8, 4) is 0 Å². The molecule has 19 heavy (non-hydrogen) atoms. The summed E-state index contributed by atoms with van der Waals surface area (Å²) in [4.78, 5) is 11.5. The molecular weight excluding hydrogens is 242 g/mol. The van der Waals surface area contributed by atoms with E-state index in [0.29, 0.717) is 0 Å². The van der Waals surface area contributed by atoms with Crippen LogP contribution in [0.5, 0.6) is 0 Å². The van der Waals surface area contributed by atoms with Gasteiger partial charge in [-0.1, -0.05) is 24.3 Å². The SMILES string of the molecule is O=C(O)C1Nc2ccnn2C2c3ccccc3CC12. The summed E-state index contributed by atoms with van der Waals surface area (Å²) in [5, 5.41) is 16.9. The van der Waals surface area contributed by atoms with Crippen LogP contribution >= 0.6 is 0 Å². The molecule has 3 unspecified atom stereocenters. The number of hydrogen-bond donors (Lipinski definition) is 2. The summed E-state index contributed by atoms with van der Waals surface area (Å²) in [6, 6.07) is 9.47. The van der Waals surface area contributed by atoms with E-state index in [4.69, 9.17) is 0 Å². The van der Waals surface area contributed by atoms with E-state index < -0.39 is 12.0 Å². The Kier molecular flexibility index (Phi) is 2.01. The van der Waals surface area contributed by atoms with Crippen molar-refractivity contribution >= 4 is 11.8 Å². The first kappa shape index (κ1) is 10.6. The van der Waals surface area contributed by atoms with Gasteiger partial charge in [-0.3, -0.25) is 0 Å². The second-order valence-electron chi connectivity index (χ2n) is 5.13. The van der Waals surface area contributed by atoms with E-state index in [1.807, 2.05) is 22.9 Å². The van der Waals surface area contributed by atoms with Crippen LogP contribution in [-0.4, -0.2) is 26.9 Å². The molecule has 1 aliphatic heterocycles. The van der Waals surface area contributed by atoms with Gasteiger partial charge in [0.25, 0.3) is 0 Å². The fourth-order valence-corrected chi connectivity index (χ4v) is 3.38. The van der Waals surface area contributed by atoms with Crippen LogP contribution in [0, 0.1) is 5.92 Å². The zero-order valence-corrected chi connectivity index (χ0v) is 10.2. The zero-order chi connectivity index (χ0) is 13.0. The number of anilines is 1. The molecule has 0 saturated carbocycles. The number of nitrogens with zero attached hydrogens (tertiary/aromatic N) is 2. The van der Waals surface area contributed by atoms with Gasteiger partial charge < -0.3 is 10.4 Å². The summed E-state index contributed by atoms with van der Waals surface area (Å²) in [6.07, 6.45) is 2.49. The first-order chi connectivity index (χ1) is 9.25. The Balaban J connectivity index is 1.90. The number of benzene rings is 1. The summed E-state index contributed by atoms with van der Waals surface area (Å²) < 4.78 is 1.91. The van der Waals surface area contributed by atoms with E-state index in [0.717, 1.165) is 12.2 Å². The lowest BCUT2D eigenvalue weighted by molar-refractivity contribution is -0.139. The highest BCUT2D eigenvalue weighted by molar-refractivity contribution is 5.78. The van der Waals surface area contributed by atoms with E-state index in [1.165, 1.54) is 11.1 Å². The van der Waals surface area contributed by atoms with Crippen molar-refractivity contribution in [2.45, 2.75) is 18.5 Å². The second-order valence-corrected chi connectivity index (χ2v) is 5.13. The molecule has 2 heterocycles. The highest BCUT2D eigenvalue weighted by Crippen LogP contribution is 2.44. The summed E-state index contributed by atoms with van der Waals surface area (Å²) in [5.41, 5.74) is 2.43. The second kappa shape index (κ2) is 3.60. The van der Waals surface area contributed by atoms with E-state index in [1.54, 1.807) is 6.20 Å². The molecule has 1 aromatic carbocycles. The van der Waals surface area contributed by atoms with Gasteiger partial charge in [-0.05, 0) is 17.5 Å². The van der Waals surface area contributed by atoms with Crippen molar-refractivity contribution in [1.29, 1.82) is 0 Å². The Morgan fingerprint density at radius 2 is 2.21 bits per heavy atom. The maximum Gasteiger partial charge on any atom is 0.326 e. The Morgan fingerprint density at radius 3 is 3.05 bits per heavy atom. The monoisotopic (exact) mass is 255 g/mol. The van der Waals surface area contributed by atoms with Gasteiger partial charge in [-0.15, -0.1) is 0 Å². The van der Waals surface area contributed by atoms with Crippen LogP contribution in [-0.2, 0) is 11.2 Å². The van der Waals surface area contributed by atoms with Crippen LogP contribution in [0.15, 0.2) is 36.5 Å². The first-order valence-electron chi connectivity index (χ1n) is 6.36. The molecule has 2 aromatic rings. The number of carboxylic acids is 1. The van der Waals surface area contributed by atoms with Gasteiger partial charge in [0.1, 0.15) is 11.9 Å². The highest BCUT2D eigenvalue weighted by atomic mass is 16.4. The summed E-state index contributed by atoms with van der Waals surface area (Å²) in [6.45, 7) is 0. The van der Waals surface area contributed by atoms with E-state index in [2.05, 4.69) is 22.5 Å². The van der Waals surface area contributed by atoms with Crippen LogP contribution in [0.25, 0.3) is 0 Å². The molecule has 2 aliphatic rings. The van der Waals surface area contributed by atoms with Gasteiger partial charge >= 0.3 is 5.97 Å². The smallest absolute Gasteiger partial charge is 0.326 e. The van der Waals surface area contributed by atoms with Crippen molar-refractivity contribution < 1.29 is 9.90 Å². The van der Waals surface area contributed by atoms with Crippen LogP contribution in [0.1, 0.15) is 17.2 Å². The molecule has 0 bridgehead atoms. The minimum Gasteiger partial charge on any atom is -0.480 e. The molecule has 5 nitrogen and oxygen atoms in total. The van der Waals surface area contributed by atoms with Crippen LogP contribution in [0.2, 0.25) is 0 Å². The lowest BCUT2D eigenvalue weighted by atomic mass is 9.90. The average Bonchev–Trinajstić information content (AvgIpc) is 3.00. The van der Waals surface area contributed by atoms with Crippen LogP contribution in [0.3, 0.4) is 0 Å². The number of hydrogen-bond acceptors (Lipinski definition) is 3. The largest absolute Gasteiger partial charge is 0.480 e. The Morgan fingerprint density at radius 1 is 1.37 bits per heavy atom. The van der Waals surface area contributed by atoms with Crippen molar-refractivity contribution in [3.05, 3.63) is 47.7 Å². The Hall–Kier alpha value is -2.30. The summed E-state index contributed by atoms with van der Waals surface area (Å²) in [5.74, 6) is 0.00269. The third kappa shape index (κ3) is 1.35. The standard InChI is InChI=1S/C14H13N3O2/c18-14(19)12-10-7-8-3-1-2-4-9(8)13(10)17-11(16-12)5-6-15-17/h1-6,10,12-13,16H,7H2,(H,18,19). The minimum atomic E-state index is -0.796. The highest BCUT2D eigenvalue weighted by Gasteiger charge is 2.45. The molecule has 4 rings (SSSR count). The third-order valence-corrected chi connectivity index (χ3v) is 4.17. The van der Waals surface area contributed by atoms with Gasteiger partial charge in [-0.25, -0.2) is 9.48 Å². The molecule has 0 radical (unpaired) electrons. The maximum absolute atomic E-state index is 11.5. The molecule has 3 atom stereocenters. The number of carbonyl (C=O) groups is 1. The molecule has 2 N–H and O–H groups in total. The lowest BCUT2D eigenvalue weighted by Gasteiger charge is -2.34. The number of aromatic nitrogens is 2. The third-order valence-electron chi connectivity index (χ3n) is 4.17. The number of rotatable bonds is 1.